The number of aryl methyl sites for hydroxylation is 2. The molecule has 0 fully saturated rings. The van der Waals surface area contributed by atoms with Gasteiger partial charge in [0, 0.05) is 9.75 Å². The fourth-order valence-corrected chi connectivity index (χ4v) is 2.95. The molecule has 0 aliphatic carbocycles. The minimum atomic E-state index is 0.798. The Kier molecular flexibility index (Phi) is 3.17. The SMILES string of the molecule is Cc1cc(CNc2cnc3ccccc3n2)sc1C. The predicted molar refractivity (Wildman–Crippen MR) is 80.7 cm³/mol. The number of nitrogens with one attached hydrogen (secondary N) is 1. The van der Waals surface area contributed by atoms with Gasteiger partial charge in [-0.25, -0.2) is 4.98 Å². The molecule has 0 radical (unpaired) electrons. The van der Waals surface area contributed by atoms with Crippen molar-refractivity contribution in [3.63, 3.8) is 0 Å². The van der Waals surface area contributed by atoms with Crippen LogP contribution >= 0.6 is 11.3 Å². The van der Waals surface area contributed by atoms with Crippen LogP contribution in [0.25, 0.3) is 11.0 Å². The van der Waals surface area contributed by atoms with E-state index in [0.29, 0.717) is 0 Å². The van der Waals surface area contributed by atoms with Gasteiger partial charge in [0.2, 0.25) is 0 Å². The molecule has 3 aromatic rings. The molecule has 0 aliphatic rings. The molecule has 2 heterocycles. The van der Waals surface area contributed by atoms with Gasteiger partial charge in [0.15, 0.2) is 0 Å². The molecule has 0 unspecified atom stereocenters. The fraction of sp³-hybridized carbons (Fsp3) is 0.200. The van der Waals surface area contributed by atoms with Gasteiger partial charge in [-0.2, -0.15) is 0 Å². The van der Waals surface area contributed by atoms with Gasteiger partial charge in [-0.15, -0.1) is 11.3 Å². The monoisotopic (exact) mass is 269 g/mol. The largest absolute Gasteiger partial charge is 0.364 e. The summed E-state index contributed by atoms with van der Waals surface area (Å²) in [7, 11) is 0. The second kappa shape index (κ2) is 4.97. The van der Waals surface area contributed by atoms with E-state index >= 15 is 0 Å². The van der Waals surface area contributed by atoms with E-state index in [0.717, 1.165) is 23.4 Å². The maximum Gasteiger partial charge on any atom is 0.145 e. The number of aromatic nitrogens is 2. The van der Waals surface area contributed by atoms with E-state index in [1.165, 1.54) is 15.3 Å². The van der Waals surface area contributed by atoms with E-state index in [4.69, 9.17) is 0 Å². The van der Waals surface area contributed by atoms with Crippen molar-refractivity contribution in [3.05, 3.63) is 51.8 Å². The summed E-state index contributed by atoms with van der Waals surface area (Å²) in [5.41, 5.74) is 3.20. The average Bonchev–Trinajstić information content (AvgIpc) is 2.75. The zero-order valence-electron chi connectivity index (χ0n) is 11.0. The van der Waals surface area contributed by atoms with Crippen LogP contribution in [-0.2, 0) is 6.54 Å². The molecule has 96 valence electrons. The van der Waals surface area contributed by atoms with Gasteiger partial charge in [0.05, 0.1) is 23.8 Å². The predicted octanol–water partition coefficient (Wildman–Crippen LogP) is 3.92. The zero-order chi connectivity index (χ0) is 13.2. The van der Waals surface area contributed by atoms with Crippen molar-refractivity contribution in [2.45, 2.75) is 20.4 Å². The number of para-hydroxylation sites is 2. The third-order valence-electron chi connectivity index (χ3n) is 3.11. The van der Waals surface area contributed by atoms with Gasteiger partial charge in [0.25, 0.3) is 0 Å². The minimum absolute atomic E-state index is 0.798. The van der Waals surface area contributed by atoms with Crippen LogP contribution in [0.15, 0.2) is 36.5 Å². The molecular weight excluding hydrogens is 254 g/mol. The lowest BCUT2D eigenvalue weighted by atomic mass is 10.3. The Morgan fingerprint density at radius 3 is 2.68 bits per heavy atom. The van der Waals surface area contributed by atoms with Crippen LogP contribution in [0.2, 0.25) is 0 Å². The van der Waals surface area contributed by atoms with Gasteiger partial charge < -0.3 is 5.32 Å². The number of fused-ring (bicyclic) bond motifs is 1. The van der Waals surface area contributed by atoms with Gasteiger partial charge in [-0.3, -0.25) is 4.98 Å². The van der Waals surface area contributed by atoms with Crippen molar-refractivity contribution in [1.82, 2.24) is 9.97 Å². The van der Waals surface area contributed by atoms with Crippen molar-refractivity contribution >= 4 is 28.2 Å². The summed E-state index contributed by atoms with van der Waals surface area (Å²) in [6.07, 6.45) is 1.79. The molecule has 0 bridgehead atoms. The molecular formula is C15H15N3S. The Morgan fingerprint density at radius 1 is 1.16 bits per heavy atom. The van der Waals surface area contributed by atoms with Crippen LogP contribution in [0.5, 0.6) is 0 Å². The van der Waals surface area contributed by atoms with Crippen molar-refractivity contribution in [2.75, 3.05) is 5.32 Å². The van der Waals surface area contributed by atoms with Crippen LogP contribution in [-0.4, -0.2) is 9.97 Å². The maximum absolute atomic E-state index is 4.55. The van der Waals surface area contributed by atoms with E-state index in [-0.39, 0.29) is 0 Å². The standard InChI is InChI=1S/C15H15N3S/c1-10-7-12(19-11(10)2)8-17-15-9-16-13-5-3-4-6-14(13)18-15/h3-7,9H,8H2,1-2H3,(H,17,18). The number of hydrogen-bond donors (Lipinski definition) is 1. The normalized spacial score (nSPS) is 10.8. The lowest BCUT2D eigenvalue weighted by molar-refractivity contribution is 1.13. The van der Waals surface area contributed by atoms with Crippen LogP contribution in [0, 0.1) is 13.8 Å². The first-order chi connectivity index (χ1) is 9.22. The van der Waals surface area contributed by atoms with Crippen LogP contribution < -0.4 is 5.32 Å². The van der Waals surface area contributed by atoms with Gasteiger partial charge in [-0.1, -0.05) is 12.1 Å². The van der Waals surface area contributed by atoms with Crippen molar-refractivity contribution in [1.29, 1.82) is 0 Å². The smallest absolute Gasteiger partial charge is 0.145 e. The lowest BCUT2D eigenvalue weighted by Crippen LogP contribution is -2.00. The zero-order valence-corrected chi connectivity index (χ0v) is 11.8. The third kappa shape index (κ3) is 2.58. The summed E-state index contributed by atoms with van der Waals surface area (Å²) >= 11 is 1.83. The van der Waals surface area contributed by atoms with Crippen LogP contribution in [0.4, 0.5) is 5.82 Å². The lowest BCUT2D eigenvalue weighted by Gasteiger charge is -2.04. The molecule has 0 saturated heterocycles. The fourth-order valence-electron chi connectivity index (χ4n) is 1.96. The molecule has 1 N–H and O–H groups in total. The number of benzene rings is 1. The molecule has 0 amide bonds. The highest BCUT2D eigenvalue weighted by molar-refractivity contribution is 7.12. The van der Waals surface area contributed by atoms with E-state index in [2.05, 4.69) is 35.2 Å². The molecule has 2 aromatic heterocycles. The Hall–Kier alpha value is -1.94. The molecule has 4 heteroatoms. The Morgan fingerprint density at radius 2 is 1.95 bits per heavy atom. The molecule has 0 spiro atoms. The van der Waals surface area contributed by atoms with Crippen molar-refractivity contribution in [2.24, 2.45) is 0 Å². The van der Waals surface area contributed by atoms with E-state index < -0.39 is 0 Å². The molecule has 19 heavy (non-hydrogen) atoms. The molecule has 0 aliphatic heterocycles. The summed E-state index contributed by atoms with van der Waals surface area (Å²) in [5, 5.41) is 3.33. The molecule has 0 saturated carbocycles. The summed E-state index contributed by atoms with van der Waals surface area (Å²) in [5.74, 6) is 0.822. The highest BCUT2D eigenvalue weighted by Crippen LogP contribution is 2.21. The molecule has 1 aromatic carbocycles. The number of hydrogen-bond acceptors (Lipinski definition) is 4. The highest BCUT2D eigenvalue weighted by Gasteiger charge is 2.03. The van der Waals surface area contributed by atoms with Gasteiger partial charge in [-0.05, 0) is 37.6 Å². The highest BCUT2D eigenvalue weighted by atomic mass is 32.1. The first-order valence-electron chi connectivity index (χ1n) is 6.24. The Bertz CT molecular complexity index is 699. The van der Waals surface area contributed by atoms with E-state index in [1.54, 1.807) is 6.20 Å². The Balaban J connectivity index is 1.78. The second-order valence-electron chi connectivity index (χ2n) is 4.55. The summed E-state index contributed by atoms with van der Waals surface area (Å²) in [6.45, 7) is 5.09. The minimum Gasteiger partial charge on any atom is -0.364 e. The van der Waals surface area contributed by atoms with Crippen molar-refractivity contribution < 1.29 is 0 Å². The third-order valence-corrected chi connectivity index (χ3v) is 4.26. The van der Waals surface area contributed by atoms with Gasteiger partial charge >= 0.3 is 0 Å². The summed E-state index contributed by atoms with van der Waals surface area (Å²) in [6, 6.07) is 10.1. The molecule has 3 nitrogen and oxygen atoms in total. The second-order valence-corrected chi connectivity index (χ2v) is 5.89. The van der Waals surface area contributed by atoms with Gasteiger partial charge in [0.1, 0.15) is 5.82 Å². The molecule has 3 rings (SSSR count). The van der Waals surface area contributed by atoms with E-state index in [9.17, 15) is 0 Å². The topological polar surface area (TPSA) is 37.8 Å². The number of thiophene rings is 1. The molecule has 0 atom stereocenters. The van der Waals surface area contributed by atoms with Crippen LogP contribution in [0.1, 0.15) is 15.3 Å². The Labute approximate surface area is 116 Å². The van der Waals surface area contributed by atoms with Crippen molar-refractivity contribution in [3.8, 4) is 0 Å². The number of rotatable bonds is 3. The first kappa shape index (κ1) is 12.1. The first-order valence-corrected chi connectivity index (χ1v) is 7.05. The number of anilines is 1. The summed E-state index contributed by atoms with van der Waals surface area (Å²) in [4.78, 5) is 11.6. The van der Waals surface area contributed by atoms with Crippen LogP contribution in [0.3, 0.4) is 0 Å². The number of nitrogens with zero attached hydrogens (tertiary/aromatic N) is 2. The van der Waals surface area contributed by atoms with E-state index in [1.807, 2.05) is 35.6 Å². The average molecular weight is 269 g/mol. The maximum atomic E-state index is 4.55. The summed E-state index contributed by atoms with van der Waals surface area (Å²) < 4.78 is 0. The quantitative estimate of drug-likeness (QED) is 0.783.